The summed E-state index contributed by atoms with van der Waals surface area (Å²) >= 11 is 0. The molecule has 0 bridgehead atoms. The minimum Gasteiger partial charge on any atom is -0.426 e. The lowest BCUT2D eigenvalue weighted by Crippen LogP contribution is -2.22. The van der Waals surface area contributed by atoms with E-state index in [0.717, 1.165) is 22.4 Å². The van der Waals surface area contributed by atoms with Crippen LogP contribution in [0, 0.1) is 6.92 Å². The van der Waals surface area contributed by atoms with Gasteiger partial charge in [-0.25, -0.2) is 0 Å². The van der Waals surface area contributed by atoms with Gasteiger partial charge in [0.25, 0.3) is 0 Å². The lowest BCUT2D eigenvalue weighted by molar-refractivity contribution is -0.134. The van der Waals surface area contributed by atoms with Crippen molar-refractivity contribution in [3.8, 4) is 5.75 Å². The Hall–Kier alpha value is -2.09. The SMILES string of the molecule is Cc1cc(C(C)(C)C)c(OC(=O)CCc2ccccc2)c(C(C)(C)C)c1. The molecule has 0 saturated carbocycles. The smallest absolute Gasteiger partial charge is 0.311 e. The van der Waals surface area contributed by atoms with Crippen LogP contribution in [0.4, 0.5) is 0 Å². The van der Waals surface area contributed by atoms with Gasteiger partial charge in [-0.2, -0.15) is 0 Å². The fourth-order valence-corrected chi connectivity index (χ4v) is 3.05. The molecule has 2 nitrogen and oxygen atoms in total. The molecule has 140 valence electrons. The van der Waals surface area contributed by atoms with E-state index in [1.807, 2.05) is 30.3 Å². The summed E-state index contributed by atoms with van der Waals surface area (Å²) in [6.45, 7) is 15.1. The number of aryl methyl sites for hydroxylation is 2. The summed E-state index contributed by atoms with van der Waals surface area (Å²) in [4.78, 5) is 12.6. The highest BCUT2D eigenvalue weighted by molar-refractivity contribution is 5.74. The highest BCUT2D eigenvalue weighted by Crippen LogP contribution is 2.40. The Balaban J connectivity index is 2.32. The van der Waals surface area contributed by atoms with Crippen LogP contribution in [0.15, 0.2) is 42.5 Å². The average molecular weight is 353 g/mol. The van der Waals surface area contributed by atoms with E-state index >= 15 is 0 Å². The molecule has 0 atom stereocenters. The van der Waals surface area contributed by atoms with Gasteiger partial charge in [0.15, 0.2) is 0 Å². The maximum absolute atomic E-state index is 12.6. The number of hydrogen-bond acceptors (Lipinski definition) is 2. The lowest BCUT2D eigenvalue weighted by Gasteiger charge is -2.29. The molecule has 0 fully saturated rings. The Morgan fingerprint density at radius 2 is 1.38 bits per heavy atom. The van der Waals surface area contributed by atoms with Gasteiger partial charge < -0.3 is 4.74 Å². The van der Waals surface area contributed by atoms with Gasteiger partial charge in [-0.15, -0.1) is 0 Å². The molecule has 0 aliphatic heterocycles. The summed E-state index contributed by atoms with van der Waals surface area (Å²) in [5.74, 6) is 0.572. The Labute approximate surface area is 158 Å². The second kappa shape index (κ2) is 7.65. The van der Waals surface area contributed by atoms with Crippen LogP contribution < -0.4 is 4.74 Å². The van der Waals surface area contributed by atoms with E-state index in [0.29, 0.717) is 12.8 Å². The van der Waals surface area contributed by atoms with E-state index < -0.39 is 0 Å². The van der Waals surface area contributed by atoms with Crippen LogP contribution in [0.5, 0.6) is 5.75 Å². The highest BCUT2D eigenvalue weighted by atomic mass is 16.5. The largest absolute Gasteiger partial charge is 0.426 e. The molecular weight excluding hydrogens is 320 g/mol. The van der Waals surface area contributed by atoms with Crippen molar-refractivity contribution in [3.63, 3.8) is 0 Å². The van der Waals surface area contributed by atoms with Crippen LogP contribution in [0.3, 0.4) is 0 Å². The van der Waals surface area contributed by atoms with Crippen molar-refractivity contribution in [1.82, 2.24) is 0 Å². The molecule has 0 unspecified atom stereocenters. The second-order valence-corrected chi connectivity index (χ2v) is 9.15. The summed E-state index contributed by atoms with van der Waals surface area (Å²) in [7, 11) is 0. The molecule has 0 amide bonds. The predicted octanol–water partition coefficient (Wildman–Crippen LogP) is 6.13. The first-order valence-electron chi connectivity index (χ1n) is 9.38. The van der Waals surface area contributed by atoms with E-state index in [2.05, 4.69) is 60.6 Å². The monoisotopic (exact) mass is 352 g/mol. The molecule has 2 aromatic rings. The van der Waals surface area contributed by atoms with Crippen molar-refractivity contribution in [2.75, 3.05) is 0 Å². The third-order valence-corrected chi connectivity index (χ3v) is 4.53. The number of carbonyl (C=O) groups is 1. The summed E-state index contributed by atoms with van der Waals surface area (Å²) in [5, 5.41) is 0. The molecule has 0 aliphatic rings. The van der Waals surface area contributed by atoms with Crippen molar-refractivity contribution in [2.24, 2.45) is 0 Å². The summed E-state index contributed by atoms with van der Waals surface area (Å²) in [5.41, 5.74) is 4.35. The minimum atomic E-state index is -0.172. The minimum absolute atomic E-state index is 0.0962. The van der Waals surface area contributed by atoms with Gasteiger partial charge in [-0.05, 0) is 29.7 Å². The van der Waals surface area contributed by atoms with Crippen molar-refractivity contribution in [3.05, 3.63) is 64.7 Å². The van der Waals surface area contributed by atoms with Crippen molar-refractivity contribution >= 4 is 5.97 Å². The van der Waals surface area contributed by atoms with Crippen LogP contribution in [-0.4, -0.2) is 5.97 Å². The van der Waals surface area contributed by atoms with E-state index in [9.17, 15) is 4.79 Å². The third kappa shape index (κ3) is 5.20. The maximum atomic E-state index is 12.6. The highest BCUT2D eigenvalue weighted by Gasteiger charge is 2.28. The first-order valence-corrected chi connectivity index (χ1v) is 9.38. The average Bonchev–Trinajstić information content (AvgIpc) is 2.53. The van der Waals surface area contributed by atoms with Crippen LogP contribution in [0.2, 0.25) is 0 Å². The molecule has 0 spiro atoms. The Kier molecular flexibility index (Phi) is 5.95. The number of esters is 1. The van der Waals surface area contributed by atoms with Crippen LogP contribution in [0.25, 0.3) is 0 Å². The van der Waals surface area contributed by atoms with E-state index in [-0.39, 0.29) is 16.8 Å². The van der Waals surface area contributed by atoms with E-state index in [1.165, 1.54) is 5.56 Å². The first kappa shape index (κ1) is 20.2. The second-order valence-electron chi connectivity index (χ2n) is 9.15. The maximum Gasteiger partial charge on any atom is 0.311 e. The van der Waals surface area contributed by atoms with Gasteiger partial charge in [-0.1, -0.05) is 89.6 Å². The molecule has 0 N–H and O–H groups in total. The molecule has 0 aliphatic carbocycles. The summed E-state index contributed by atoms with van der Waals surface area (Å²) in [6, 6.07) is 14.4. The number of benzene rings is 2. The van der Waals surface area contributed by atoms with Gasteiger partial charge in [0.1, 0.15) is 5.75 Å². The molecule has 0 saturated heterocycles. The summed E-state index contributed by atoms with van der Waals surface area (Å²) in [6.07, 6.45) is 1.08. The third-order valence-electron chi connectivity index (χ3n) is 4.53. The Morgan fingerprint density at radius 3 is 1.85 bits per heavy atom. The Morgan fingerprint density at radius 1 is 0.885 bits per heavy atom. The number of carbonyl (C=O) groups excluding carboxylic acids is 1. The zero-order valence-electron chi connectivity index (χ0n) is 17.3. The Bertz CT molecular complexity index is 724. The molecule has 2 heteroatoms. The van der Waals surface area contributed by atoms with E-state index in [1.54, 1.807) is 0 Å². The van der Waals surface area contributed by atoms with Crippen LogP contribution in [-0.2, 0) is 22.0 Å². The molecule has 2 rings (SSSR count). The fraction of sp³-hybridized carbons (Fsp3) is 0.458. The number of ether oxygens (including phenoxy) is 1. The van der Waals surface area contributed by atoms with Crippen molar-refractivity contribution < 1.29 is 9.53 Å². The first-order chi connectivity index (χ1) is 12.0. The molecule has 0 radical (unpaired) electrons. The van der Waals surface area contributed by atoms with Gasteiger partial charge in [0.05, 0.1) is 0 Å². The molecule has 0 aromatic heterocycles. The summed E-state index contributed by atoms with van der Waals surface area (Å²) < 4.78 is 5.97. The quantitative estimate of drug-likeness (QED) is 0.489. The van der Waals surface area contributed by atoms with Crippen molar-refractivity contribution in [1.29, 1.82) is 0 Å². The zero-order valence-corrected chi connectivity index (χ0v) is 17.3. The predicted molar refractivity (Wildman–Crippen MR) is 109 cm³/mol. The van der Waals surface area contributed by atoms with Gasteiger partial charge in [0, 0.05) is 17.5 Å². The van der Waals surface area contributed by atoms with E-state index in [4.69, 9.17) is 4.74 Å². The van der Waals surface area contributed by atoms with Crippen LogP contribution in [0.1, 0.15) is 70.2 Å². The lowest BCUT2D eigenvalue weighted by atomic mass is 9.78. The fourth-order valence-electron chi connectivity index (χ4n) is 3.05. The molecule has 2 aromatic carbocycles. The van der Waals surface area contributed by atoms with Gasteiger partial charge in [0.2, 0.25) is 0 Å². The van der Waals surface area contributed by atoms with Gasteiger partial charge in [-0.3, -0.25) is 4.79 Å². The molecule has 26 heavy (non-hydrogen) atoms. The molecular formula is C24H32O2. The number of rotatable bonds is 4. The van der Waals surface area contributed by atoms with Gasteiger partial charge >= 0.3 is 5.97 Å². The van der Waals surface area contributed by atoms with Crippen LogP contribution >= 0.6 is 0 Å². The zero-order chi connectivity index (χ0) is 19.5. The normalized spacial score (nSPS) is 12.1. The van der Waals surface area contributed by atoms with Crippen molar-refractivity contribution in [2.45, 2.75) is 72.1 Å². The standard InChI is InChI=1S/C24H32O2/c1-17-15-19(23(2,3)4)22(20(16-17)24(5,6)7)26-21(25)14-13-18-11-9-8-10-12-18/h8-12,15-16H,13-14H2,1-7H3. The molecule has 0 heterocycles. The number of hydrogen-bond donors (Lipinski definition) is 0. The topological polar surface area (TPSA) is 26.3 Å².